The lowest BCUT2D eigenvalue weighted by molar-refractivity contribution is 0.0800. The van der Waals surface area contributed by atoms with E-state index in [4.69, 9.17) is 5.73 Å². The average Bonchev–Trinajstić information content (AvgIpc) is 2.52. The molecule has 0 saturated carbocycles. The summed E-state index contributed by atoms with van der Waals surface area (Å²) < 4.78 is 0. The molecule has 0 unspecified atom stereocenters. The van der Waals surface area contributed by atoms with Crippen LogP contribution in [0.4, 0.5) is 11.4 Å². The summed E-state index contributed by atoms with van der Waals surface area (Å²) in [4.78, 5) is 5.18. The lowest BCUT2D eigenvalue weighted by atomic mass is 9.71. The number of hydrogen-bond donors (Lipinski definition) is 1. The summed E-state index contributed by atoms with van der Waals surface area (Å²) in [5, 5.41) is 0. The van der Waals surface area contributed by atoms with Gasteiger partial charge in [-0.25, -0.2) is 0 Å². The zero-order valence-electron chi connectivity index (χ0n) is 13.4. The van der Waals surface area contributed by atoms with Crippen molar-refractivity contribution in [2.24, 2.45) is 5.41 Å². The van der Waals surface area contributed by atoms with Crippen molar-refractivity contribution in [3.8, 4) is 0 Å². The molecule has 3 nitrogen and oxygen atoms in total. The van der Waals surface area contributed by atoms with Crippen LogP contribution in [0.5, 0.6) is 0 Å². The number of piperidine rings is 2. The second-order valence-corrected chi connectivity index (χ2v) is 6.92. The summed E-state index contributed by atoms with van der Waals surface area (Å²) in [6, 6.07) is 8.36. The Labute approximate surface area is 129 Å². The second-order valence-electron chi connectivity index (χ2n) is 6.92. The highest BCUT2D eigenvalue weighted by Crippen LogP contribution is 2.42. The lowest BCUT2D eigenvalue weighted by Gasteiger charge is -2.47. The Balaban J connectivity index is 1.54. The van der Waals surface area contributed by atoms with Crippen molar-refractivity contribution in [1.29, 1.82) is 0 Å². The highest BCUT2D eigenvalue weighted by atomic mass is 15.2. The maximum absolute atomic E-state index is 5.78. The van der Waals surface area contributed by atoms with Gasteiger partial charge in [0.25, 0.3) is 0 Å². The fraction of sp³-hybridized carbons (Fsp3) is 0.667. The van der Waals surface area contributed by atoms with Gasteiger partial charge in [-0.2, -0.15) is 0 Å². The molecule has 1 aromatic carbocycles. The first-order chi connectivity index (χ1) is 10.2. The van der Waals surface area contributed by atoms with Crippen LogP contribution in [0.15, 0.2) is 24.3 Å². The molecule has 0 aliphatic carbocycles. The molecule has 0 radical (unpaired) electrons. The van der Waals surface area contributed by atoms with Crippen LogP contribution in [0.3, 0.4) is 0 Å². The standard InChI is InChI=1S/C18H29N3/c1-2-11-20-12-7-18(8-13-20)9-14-21(15-10-18)17-5-3-16(19)4-6-17/h3-6H,2,7-15,19H2,1H3. The first-order valence-electron chi connectivity index (χ1n) is 8.54. The van der Waals surface area contributed by atoms with Gasteiger partial charge in [-0.1, -0.05) is 6.92 Å². The van der Waals surface area contributed by atoms with E-state index in [0.29, 0.717) is 5.41 Å². The van der Waals surface area contributed by atoms with Gasteiger partial charge >= 0.3 is 0 Å². The minimum absolute atomic E-state index is 0.633. The first kappa shape index (κ1) is 14.7. The molecular weight excluding hydrogens is 258 g/mol. The second kappa shape index (κ2) is 6.27. The Morgan fingerprint density at radius 2 is 1.52 bits per heavy atom. The molecular formula is C18H29N3. The largest absolute Gasteiger partial charge is 0.399 e. The normalized spacial score (nSPS) is 22.6. The Morgan fingerprint density at radius 1 is 0.952 bits per heavy atom. The van der Waals surface area contributed by atoms with Gasteiger partial charge in [-0.05, 0) is 81.4 Å². The highest BCUT2D eigenvalue weighted by Gasteiger charge is 2.37. The maximum Gasteiger partial charge on any atom is 0.0367 e. The van der Waals surface area contributed by atoms with Gasteiger partial charge in [-0.3, -0.25) is 0 Å². The third-order valence-electron chi connectivity index (χ3n) is 5.54. The molecule has 3 heteroatoms. The van der Waals surface area contributed by atoms with Crippen LogP contribution < -0.4 is 10.6 Å². The van der Waals surface area contributed by atoms with E-state index in [1.165, 1.54) is 70.5 Å². The molecule has 1 spiro atoms. The van der Waals surface area contributed by atoms with E-state index in [-0.39, 0.29) is 0 Å². The van der Waals surface area contributed by atoms with E-state index < -0.39 is 0 Å². The molecule has 2 aliphatic heterocycles. The van der Waals surface area contributed by atoms with Crippen molar-refractivity contribution < 1.29 is 0 Å². The van der Waals surface area contributed by atoms with E-state index >= 15 is 0 Å². The molecule has 0 aromatic heterocycles. The van der Waals surface area contributed by atoms with Crippen LogP contribution in [-0.2, 0) is 0 Å². The maximum atomic E-state index is 5.78. The van der Waals surface area contributed by atoms with E-state index in [2.05, 4.69) is 28.9 Å². The number of nitrogens with zero attached hydrogens (tertiary/aromatic N) is 2. The lowest BCUT2D eigenvalue weighted by Crippen LogP contribution is -2.47. The summed E-state index contributed by atoms with van der Waals surface area (Å²) in [6.45, 7) is 8.62. The van der Waals surface area contributed by atoms with Crippen molar-refractivity contribution in [2.75, 3.05) is 43.4 Å². The Hall–Kier alpha value is -1.22. The molecule has 21 heavy (non-hydrogen) atoms. The van der Waals surface area contributed by atoms with Gasteiger partial charge in [-0.15, -0.1) is 0 Å². The van der Waals surface area contributed by atoms with Crippen molar-refractivity contribution in [2.45, 2.75) is 39.0 Å². The number of hydrogen-bond acceptors (Lipinski definition) is 3. The van der Waals surface area contributed by atoms with Crippen molar-refractivity contribution >= 4 is 11.4 Å². The van der Waals surface area contributed by atoms with Gasteiger partial charge in [0, 0.05) is 24.5 Å². The molecule has 2 saturated heterocycles. The number of rotatable bonds is 3. The summed E-state index contributed by atoms with van der Waals surface area (Å²) in [6.07, 6.45) is 6.82. The zero-order valence-corrected chi connectivity index (χ0v) is 13.4. The minimum Gasteiger partial charge on any atom is -0.399 e. The molecule has 2 heterocycles. The van der Waals surface area contributed by atoms with Crippen LogP contribution >= 0.6 is 0 Å². The van der Waals surface area contributed by atoms with Crippen molar-refractivity contribution in [3.05, 3.63) is 24.3 Å². The summed E-state index contributed by atoms with van der Waals surface area (Å²) in [7, 11) is 0. The smallest absolute Gasteiger partial charge is 0.0367 e. The average molecular weight is 287 g/mol. The summed E-state index contributed by atoms with van der Waals surface area (Å²) in [5.74, 6) is 0. The highest BCUT2D eigenvalue weighted by molar-refractivity contribution is 5.53. The number of benzene rings is 1. The summed E-state index contributed by atoms with van der Waals surface area (Å²) in [5.41, 5.74) is 8.61. The fourth-order valence-electron chi connectivity index (χ4n) is 3.99. The fourth-order valence-corrected chi connectivity index (χ4v) is 3.99. The third-order valence-corrected chi connectivity index (χ3v) is 5.54. The topological polar surface area (TPSA) is 32.5 Å². The Kier molecular flexibility index (Phi) is 4.39. The van der Waals surface area contributed by atoms with Gasteiger partial charge < -0.3 is 15.5 Å². The van der Waals surface area contributed by atoms with Crippen LogP contribution in [0.1, 0.15) is 39.0 Å². The number of nitrogen functional groups attached to an aromatic ring is 1. The molecule has 0 atom stereocenters. The van der Waals surface area contributed by atoms with Crippen LogP contribution in [0.2, 0.25) is 0 Å². The number of nitrogens with two attached hydrogens (primary N) is 1. The minimum atomic E-state index is 0.633. The number of likely N-dealkylation sites (tertiary alicyclic amines) is 1. The van der Waals surface area contributed by atoms with Gasteiger partial charge in [0.15, 0.2) is 0 Å². The van der Waals surface area contributed by atoms with E-state index in [9.17, 15) is 0 Å². The molecule has 116 valence electrons. The Bertz CT molecular complexity index is 436. The first-order valence-corrected chi connectivity index (χ1v) is 8.54. The third kappa shape index (κ3) is 3.34. The molecule has 2 fully saturated rings. The van der Waals surface area contributed by atoms with Crippen molar-refractivity contribution in [1.82, 2.24) is 4.90 Å². The predicted octanol–water partition coefficient (Wildman–Crippen LogP) is 3.36. The quantitative estimate of drug-likeness (QED) is 0.865. The molecule has 3 rings (SSSR count). The van der Waals surface area contributed by atoms with E-state index in [0.717, 1.165) is 5.69 Å². The molecule has 2 aliphatic rings. The van der Waals surface area contributed by atoms with Gasteiger partial charge in [0.2, 0.25) is 0 Å². The van der Waals surface area contributed by atoms with Gasteiger partial charge in [0.05, 0.1) is 0 Å². The van der Waals surface area contributed by atoms with E-state index in [1.54, 1.807) is 0 Å². The molecule has 1 aromatic rings. The molecule has 2 N–H and O–H groups in total. The monoisotopic (exact) mass is 287 g/mol. The molecule has 0 bridgehead atoms. The Morgan fingerprint density at radius 3 is 2.10 bits per heavy atom. The predicted molar refractivity (Wildman–Crippen MR) is 90.7 cm³/mol. The van der Waals surface area contributed by atoms with Crippen molar-refractivity contribution in [3.63, 3.8) is 0 Å². The molecule has 0 amide bonds. The van der Waals surface area contributed by atoms with E-state index in [1.807, 2.05) is 12.1 Å². The zero-order chi connectivity index (χ0) is 14.7. The van der Waals surface area contributed by atoms with Crippen LogP contribution in [-0.4, -0.2) is 37.6 Å². The van der Waals surface area contributed by atoms with Crippen LogP contribution in [0.25, 0.3) is 0 Å². The van der Waals surface area contributed by atoms with Gasteiger partial charge in [0.1, 0.15) is 0 Å². The SMILES string of the molecule is CCCN1CCC2(CC1)CCN(c1ccc(N)cc1)CC2. The number of anilines is 2. The van der Waals surface area contributed by atoms with Crippen LogP contribution in [0, 0.1) is 5.41 Å². The summed E-state index contributed by atoms with van der Waals surface area (Å²) >= 11 is 0.